The van der Waals surface area contributed by atoms with Gasteiger partial charge in [-0.1, -0.05) is 48.5 Å². The van der Waals surface area contributed by atoms with Gasteiger partial charge in [0, 0.05) is 24.9 Å². The first kappa shape index (κ1) is 16.8. The van der Waals surface area contributed by atoms with Crippen molar-refractivity contribution < 1.29 is 4.79 Å². The number of carbonyl (C=O) groups is 1. The van der Waals surface area contributed by atoms with E-state index in [0.29, 0.717) is 12.1 Å². The molecule has 1 amide bonds. The first-order valence-electron chi connectivity index (χ1n) is 8.67. The predicted octanol–water partition coefficient (Wildman–Crippen LogP) is 3.32. The molecule has 6 heteroatoms. The van der Waals surface area contributed by atoms with Gasteiger partial charge in [-0.25, -0.2) is 0 Å². The predicted molar refractivity (Wildman–Crippen MR) is 106 cm³/mol. The Morgan fingerprint density at radius 3 is 2.44 bits per heavy atom. The third-order valence-electron chi connectivity index (χ3n) is 4.45. The van der Waals surface area contributed by atoms with Crippen molar-refractivity contribution in [1.29, 1.82) is 0 Å². The molecule has 27 heavy (non-hydrogen) atoms. The van der Waals surface area contributed by atoms with Gasteiger partial charge in [-0.2, -0.15) is 5.10 Å². The summed E-state index contributed by atoms with van der Waals surface area (Å²) in [4.78, 5) is 27.4. The Hall–Kier alpha value is -3.67. The highest BCUT2D eigenvalue weighted by molar-refractivity contribution is 6.43. The van der Waals surface area contributed by atoms with Crippen LogP contribution < -0.4 is 15.8 Å². The van der Waals surface area contributed by atoms with Crippen molar-refractivity contribution in [1.82, 2.24) is 4.98 Å². The Kier molecular flexibility index (Phi) is 4.53. The van der Waals surface area contributed by atoms with Crippen LogP contribution in [0, 0.1) is 0 Å². The summed E-state index contributed by atoms with van der Waals surface area (Å²) in [5, 5.41) is 9.08. The third-order valence-corrected chi connectivity index (χ3v) is 4.45. The molecule has 0 saturated carbocycles. The number of aromatic amines is 1. The van der Waals surface area contributed by atoms with Gasteiger partial charge in [-0.3, -0.25) is 14.6 Å². The van der Waals surface area contributed by atoms with E-state index in [0.717, 1.165) is 11.3 Å². The lowest BCUT2D eigenvalue weighted by Crippen LogP contribution is -2.25. The number of H-pyrrole nitrogens is 1. The summed E-state index contributed by atoms with van der Waals surface area (Å²) in [7, 11) is 0. The zero-order valence-corrected chi connectivity index (χ0v) is 14.5. The zero-order valence-electron chi connectivity index (χ0n) is 14.5. The number of nitrogens with one attached hydrogen (secondary N) is 2. The van der Waals surface area contributed by atoms with Crippen molar-refractivity contribution in [2.45, 2.75) is 12.5 Å². The highest BCUT2D eigenvalue weighted by atomic mass is 16.2. The summed E-state index contributed by atoms with van der Waals surface area (Å²) in [5.41, 5.74) is 2.33. The Morgan fingerprint density at radius 1 is 1.04 bits per heavy atom. The van der Waals surface area contributed by atoms with E-state index in [1.54, 1.807) is 0 Å². The Labute approximate surface area is 156 Å². The second kappa shape index (κ2) is 7.29. The van der Waals surface area contributed by atoms with E-state index in [-0.39, 0.29) is 23.1 Å². The number of anilines is 2. The van der Waals surface area contributed by atoms with Crippen LogP contribution in [0.5, 0.6) is 0 Å². The largest absolute Gasteiger partial charge is 0.366 e. The van der Waals surface area contributed by atoms with Gasteiger partial charge in [0.25, 0.3) is 5.91 Å². The summed E-state index contributed by atoms with van der Waals surface area (Å²) >= 11 is 0. The normalized spacial score (nSPS) is 16.1. The fraction of sp³-hybridized carbons (Fsp3) is 0.0952. The van der Waals surface area contributed by atoms with Gasteiger partial charge in [0.15, 0.2) is 0 Å². The lowest BCUT2D eigenvalue weighted by molar-refractivity contribution is -0.110. The monoisotopic (exact) mass is 358 g/mol. The number of rotatable bonds is 4. The Bertz CT molecular complexity index is 1030. The van der Waals surface area contributed by atoms with Crippen LogP contribution in [-0.2, 0) is 4.79 Å². The number of carbonyl (C=O) groups excluding carboxylic acids is 1. The van der Waals surface area contributed by atoms with Crippen molar-refractivity contribution in [2.75, 3.05) is 10.3 Å². The molecular formula is C21H18N4O2. The zero-order chi connectivity index (χ0) is 18.6. The lowest BCUT2D eigenvalue weighted by atomic mass is 10.0. The van der Waals surface area contributed by atoms with E-state index in [9.17, 15) is 9.59 Å². The molecule has 1 unspecified atom stereocenters. The standard InChI is InChI=1S/C21H18N4O2/c26-20-11-12-22-14-18(20)23-21(27)17-13-19(15-7-3-1-4-8-15)25(24-17)16-9-5-2-6-10-16/h1-12,14,19H,13H2,(H,22,26)(H,23,27). The molecule has 0 fully saturated rings. The van der Waals surface area contributed by atoms with Crippen molar-refractivity contribution in [3.8, 4) is 0 Å². The van der Waals surface area contributed by atoms with E-state index in [2.05, 4.69) is 15.4 Å². The molecule has 1 atom stereocenters. The molecule has 0 spiro atoms. The second-order valence-electron chi connectivity index (χ2n) is 6.23. The smallest absolute Gasteiger partial charge is 0.272 e. The molecular weight excluding hydrogens is 340 g/mol. The minimum absolute atomic E-state index is 0.0802. The highest BCUT2D eigenvalue weighted by Gasteiger charge is 2.32. The summed E-state index contributed by atoms with van der Waals surface area (Å²) in [5.74, 6) is -0.369. The van der Waals surface area contributed by atoms with Crippen LogP contribution in [0.3, 0.4) is 0 Å². The molecule has 4 rings (SSSR count). The van der Waals surface area contributed by atoms with Crippen LogP contribution in [0.15, 0.2) is 89.0 Å². The number of benzene rings is 2. The number of hydrazone groups is 1. The number of amides is 1. The number of nitrogens with zero attached hydrogens (tertiary/aromatic N) is 2. The second-order valence-corrected chi connectivity index (χ2v) is 6.23. The molecule has 0 radical (unpaired) electrons. The highest BCUT2D eigenvalue weighted by Crippen LogP contribution is 2.35. The van der Waals surface area contributed by atoms with Gasteiger partial charge in [0.2, 0.25) is 5.43 Å². The molecule has 1 aliphatic heterocycles. The van der Waals surface area contributed by atoms with Crippen LogP contribution in [0.4, 0.5) is 11.4 Å². The van der Waals surface area contributed by atoms with E-state index in [1.165, 1.54) is 18.5 Å². The quantitative estimate of drug-likeness (QED) is 0.751. The van der Waals surface area contributed by atoms with Gasteiger partial charge >= 0.3 is 0 Å². The summed E-state index contributed by atoms with van der Waals surface area (Å²) in [6, 6.07) is 21.0. The summed E-state index contributed by atoms with van der Waals surface area (Å²) in [6.45, 7) is 0. The molecule has 2 N–H and O–H groups in total. The van der Waals surface area contributed by atoms with Crippen LogP contribution in [0.25, 0.3) is 0 Å². The maximum Gasteiger partial charge on any atom is 0.272 e. The molecule has 3 aromatic rings. The molecule has 6 nitrogen and oxygen atoms in total. The Balaban J connectivity index is 1.64. The van der Waals surface area contributed by atoms with E-state index >= 15 is 0 Å². The average Bonchev–Trinajstić information content (AvgIpc) is 3.17. The number of hydrogen-bond acceptors (Lipinski definition) is 4. The van der Waals surface area contributed by atoms with Gasteiger partial charge in [0.1, 0.15) is 11.4 Å². The van der Waals surface area contributed by atoms with E-state index in [4.69, 9.17) is 0 Å². The van der Waals surface area contributed by atoms with Gasteiger partial charge in [0.05, 0.1) is 11.7 Å². The van der Waals surface area contributed by atoms with E-state index < -0.39 is 0 Å². The van der Waals surface area contributed by atoms with Crippen LogP contribution >= 0.6 is 0 Å². The van der Waals surface area contributed by atoms with Crippen molar-refractivity contribution in [3.05, 3.63) is 94.9 Å². The molecule has 2 aromatic carbocycles. The number of pyridine rings is 1. The summed E-state index contributed by atoms with van der Waals surface area (Å²) < 4.78 is 0. The first-order chi connectivity index (χ1) is 13.2. The minimum atomic E-state index is -0.369. The fourth-order valence-corrected chi connectivity index (χ4v) is 3.11. The topological polar surface area (TPSA) is 77.6 Å². The third kappa shape index (κ3) is 3.50. The number of para-hydroxylation sites is 1. The molecule has 0 aliphatic carbocycles. The first-order valence-corrected chi connectivity index (χ1v) is 8.67. The van der Waals surface area contributed by atoms with Crippen LogP contribution in [-0.4, -0.2) is 16.6 Å². The van der Waals surface area contributed by atoms with Crippen molar-refractivity contribution in [3.63, 3.8) is 0 Å². The van der Waals surface area contributed by atoms with Gasteiger partial charge in [-0.15, -0.1) is 0 Å². The van der Waals surface area contributed by atoms with E-state index in [1.807, 2.05) is 65.7 Å². The molecule has 0 saturated heterocycles. The van der Waals surface area contributed by atoms with Crippen LogP contribution in [0.2, 0.25) is 0 Å². The maximum atomic E-state index is 12.7. The molecule has 0 bridgehead atoms. The summed E-state index contributed by atoms with van der Waals surface area (Å²) in [6.07, 6.45) is 3.45. The van der Waals surface area contributed by atoms with Crippen LogP contribution in [0.1, 0.15) is 18.0 Å². The van der Waals surface area contributed by atoms with Gasteiger partial charge < -0.3 is 10.3 Å². The molecule has 2 heterocycles. The number of aromatic nitrogens is 1. The lowest BCUT2D eigenvalue weighted by Gasteiger charge is -2.23. The average molecular weight is 358 g/mol. The molecule has 134 valence electrons. The van der Waals surface area contributed by atoms with Crippen molar-refractivity contribution >= 4 is 23.0 Å². The van der Waals surface area contributed by atoms with Crippen molar-refractivity contribution in [2.24, 2.45) is 5.10 Å². The molecule has 1 aromatic heterocycles. The SMILES string of the molecule is O=C(Nc1c[nH]ccc1=O)C1=NN(c2ccccc2)C(c2ccccc2)C1. The fourth-order valence-electron chi connectivity index (χ4n) is 3.11. The molecule has 1 aliphatic rings. The maximum absolute atomic E-state index is 12.7. The number of hydrogen-bond donors (Lipinski definition) is 2. The van der Waals surface area contributed by atoms with Gasteiger partial charge in [-0.05, 0) is 17.7 Å². The Morgan fingerprint density at radius 2 is 1.74 bits per heavy atom. The minimum Gasteiger partial charge on any atom is -0.366 e.